The number of benzene rings is 1. The Hall–Kier alpha value is -0.820. The third-order valence-corrected chi connectivity index (χ3v) is 2.71. The summed E-state index contributed by atoms with van der Waals surface area (Å²) in [6.07, 6.45) is 1.09. The molecule has 0 radical (unpaired) electrons. The first-order chi connectivity index (χ1) is 6.61. The molecule has 1 heteroatoms. The summed E-state index contributed by atoms with van der Waals surface area (Å²) < 4.78 is 0. The highest BCUT2D eigenvalue weighted by Gasteiger charge is 2.15. The molecule has 78 valence electrons. The van der Waals surface area contributed by atoms with Crippen LogP contribution in [0, 0.1) is 5.92 Å². The average Bonchev–Trinajstić information content (AvgIpc) is 2.17. The molecule has 0 amide bonds. The average molecular weight is 191 g/mol. The highest BCUT2D eigenvalue weighted by molar-refractivity contribution is 5.20. The zero-order chi connectivity index (χ0) is 10.6. The van der Waals surface area contributed by atoms with E-state index in [9.17, 15) is 0 Å². The van der Waals surface area contributed by atoms with Gasteiger partial charge >= 0.3 is 0 Å². The van der Waals surface area contributed by atoms with Crippen molar-refractivity contribution in [1.82, 2.24) is 0 Å². The third-order valence-electron chi connectivity index (χ3n) is 2.71. The summed E-state index contributed by atoms with van der Waals surface area (Å²) in [5, 5.41) is 0. The van der Waals surface area contributed by atoms with Gasteiger partial charge in [0, 0.05) is 6.04 Å². The molecule has 0 aromatic heterocycles. The topological polar surface area (TPSA) is 26.0 Å². The second kappa shape index (κ2) is 5.16. The van der Waals surface area contributed by atoms with E-state index >= 15 is 0 Å². The Balaban J connectivity index is 2.61. The molecule has 0 fully saturated rings. The minimum absolute atomic E-state index is 0.275. The Kier molecular flexibility index (Phi) is 4.15. The van der Waals surface area contributed by atoms with Gasteiger partial charge in [0.2, 0.25) is 0 Å². The maximum Gasteiger partial charge on any atom is 0.0108 e. The molecular formula is C13H21N. The van der Waals surface area contributed by atoms with Gasteiger partial charge in [-0.2, -0.15) is 0 Å². The van der Waals surface area contributed by atoms with Crippen LogP contribution in [0.3, 0.4) is 0 Å². The molecule has 2 N–H and O–H groups in total. The van der Waals surface area contributed by atoms with E-state index in [0.29, 0.717) is 11.8 Å². The quantitative estimate of drug-likeness (QED) is 0.777. The molecular weight excluding hydrogens is 170 g/mol. The van der Waals surface area contributed by atoms with Gasteiger partial charge in [0.15, 0.2) is 0 Å². The van der Waals surface area contributed by atoms with E-state index in [1.165, 1.54) is 5.56 Å². The number of hydrogen-bond donors (Lipinski definition) is 1. The predicted molar refractivity (Wildman–Crippen MR) is 62.3 cm³/mol. The molecule has 0 aliphatic carbocycles. The van der Waals surface area contributed by atoms with Crippen molar-refractivity contribution in [3.05, 3.63) is 35.9 Å². The summed E-state index contributed by atoms with van der Waals surface area (Å²) in [5.41, 5.74) is 7.50. The van der Waals surface area contributed by atoms with E-state index in [1.54, 1.807) is 0 Å². The molecule has 0 heterocycles. The normalized spacial score (nSPS) is 15.5. The number of hydrogen-bond acceptors (Lipinski definition) is 1. The largest absolute Gasteiger partial charge is 0.327 e. The first-order valence-electron chi connectivity index (χ1n) is 5.41. The monoisotopic (exact) mass is 191 g/mol. The smallest absolute Gasteiger partial charge is 0.0108 e. The molecule has 14 heavy (non-hydrogen) atoms. The maximum atomic E-state index is 6.15. The van der Waals surface area contributed by atoms with Crippen molar-refractivity contribution in [2.45, 2.75) is 39.2 Å². The molecule has 2 unspecified atom stereocenters. The lowest BCUT2D eigenvalue weighted by Gasteiger charge is -2.21. The van der Waals surface area contributed by atoms with Crippen LogP contribution in [0.5, 0.6) is 0 Å². The van der Waals surface area contributed by atoms with Gasteiger partial charge in [-0.05, 0) is 23.8 Å². The summed E-state index contributed by atoms with van der Waals surface area (Å²) in [7, 11) is 0. The number of rotatable bonds is 4. The van der Waals surface area contributed by atoms with E-state index in [0.717, 1.165) is 6.42 Å². The van der Waals surface area contributed by atoms with Crippen LogP contribution < -0.4 is 5.73 Å². The van der Waals surface area contributed by atoms with Crippen LogP contribution in [0.1, 0.15) is 38.7 Å². The Morgan fingerprint density at radius 1 is 1.07 bits per heavy atom. The fourth-order valence-corrected chi connectivity index (χ4v) is 1.75. The molecule has 1 aromatic rings. The van der Waals surface area contributed by atoms with Crippen molar-refractivity contribution in [3.63, 3.8) is 0 Å². The Morgan fingerprint density at radius 2 is 1.64 bits per heavy atom. The minimum atomic E-state index is 0.275. The standard InChI is InChI=1S/C13H21N/c1-10(2)9-13(14)11(3)12-7-5-4-6-8-12/h4-8,10-11,13H,9,14H2,1-3H3. The summed E-state index contributed by atoms with van der Waals surface area (Å²) in [4.78, 5) is 0. The van der Waals surface area contributed by atoms with Crippen molar-refractivity contribution in [1.29, 1.82) is 0 Å². The van der Waals surface area contributed by atoms with Crippen LogP contribution in [0.15, 0.2) is 30.3 Å². The van der Waals surface area contributed by atoms with Crippen LogP contribution in [-0.4, -0.2) is 6.04 Å². The van der Waals surface area contributed by atoms with Gasteiger partial charge in [-0.25, -0.2) is 0 Å². The lowest BCUT2D eigenvalue weighted by Crippen LogP contribution is -2.28. The lowest BCUT2D eigenvalue weighted by molar-refractivity contribution is 0.449. The van der Waals surface area contributed by atoms with Crippen molar-refractivity contribution in [2.24, 2.45) is 11.7 Å². The van der Waals surface area contributed by atoms with Gasteiger partial charge in [-0.3, -0.25) is 0 Å². The second-order valence-corrected chi connectivity index (χ2v) is 4.49. The molecule has 0 saturated carbocycles. The van der Waals surface area contributed by atoms with Crippen LogP contribution in [0.4, 0.5) is 0 Å². The summed E-state index contributed by atoms with van der Waals surface area (Å²) in [5.74, 6) is 1.13. The maximum absolute atomic E-state index is 6.15. The molecule has 1 aromatic carbocycles. The van der Waals surface area contributed by atoms with Crippen molar-refractivity contribution >= 4 is 0 Å². The summed E-state index contributed by atoms with van der Waals surface area (Å²) >= 11 is 0. The van der Waals surface area contributed by atoms with Gasteiger partial charge in [-0.1, -0.05) is 51.1 Å². The SMILES string of the molecule is CC(C)CC(N)C(C)c1ccccc1. The molecule has 1 nitrogen and oxygen atoms in total. The Bertz CT molecular complexity index is 253. The van der Waals surface area contributed by atoms with Gasteiger partial charge < -0.3 is 5.73 Å². The fourth-order valence-electron chi connectivity index (χ4n) is 1.75. The van der Waals surface area contributed by atoms with Crippen molar-refractivity contribution < 1.29 is 0 Å². The third kappa shape index (κ3) is 3.15. The van der Waals surface area contributed by atoms with Gasteiger partial charge in [0.05, 0.1) is 0 Å². The summed E-state index contributed by atoms with van der Waals surface area (Å²) in [6, 6.07) is 10.8. The van der Waals surface area contributed by atoms with E-state index in [2.05, 4.69) is 45.0 Å². The zero-order valence-electron chi connectivity index (χ0n) is 9.40. The Labute approximate surface area is 87.3 Å². The molecule has 0 spiro atoms. The predicted octanol–water partition coefficient (Wildman–Crippen LogP) is 3.16. The van der Waals surface area contributed by atoms with Crippen LogP contribution in [0.25, 0.3) is 0 Å². The van der Waals surface area contributed by atoms with Crippen LogP contribution in [-0.2, 0) is 0 Å². The zero-order valence-corrected chi connectivity index (χ0v) is 9.40. The van der Waals surface area contributed by atoms with E-state index in [4.69, 9.17) is 5.73 Å². The lowest BCUT2D eigenvalue weighted by atomic mass is 9.89. The minimum Gasteiger partial charge on any atom is -0.327 e. The van der Waals surface area contributed by atoms with E-state index in [1.807, 2.05) is 6.07 Å². The molecule has 1 rings (SSSR count). The van der Waals surface area contributed by atoms with Crippen molar-refractivity contribution in [3.8, 4) is 0 Å². The molecule has 2 atom stereocenters. The summed E-state index contributed by atoms with van der Waals surface area (Å²) in [6.45, 7) is 6.65. The van der Waals surface area contributed by atoms with Gasteiger partial charge in [-0.15, -0.1) is 0 Å². The molecule has 0 bridgehead atoms. The first-order valence-corrected chi connectivity index (χ1v) is 5.41. The van der Waals surface area contributed by atoms with Crippen LogP contribution >= 0.6 is 0 Å². The molecule has 0 aliphatic rings. The molecule has 0 saturated heterocycles. The van der Waals surface area contributed by atoms with E-state index < -0.39 is 0 Å². The number of nitrogens with two attached hydrogens (primary N) is 1. The van der Waals surface area contributed by atoms with Crippen molar-refractivity contribution in [2.75, 3.05) is 0 Å². The highest BCUT2D eigenvalue weighted by Crippen LogP contribution is 2.21. The fraction of sp³-hybridized carbons (Fsp3) is 0.538. The first kappa shape index (κ1) is 11.3. The molecule has 0 aliphatic heterocycles. The second-order valence-electron chi connectivity index (χ2n) is 4.49. The van der Waals surface area contributed by atoms with Crippen LogP contribution in [0.2, 0.25) is 0 Å². The van der Waals surface area contributed by atoms with Gasteiger partial charge in [0.1, 0.15) is 0 Å². The van der Waals surface area contributed by atoms with Gasteiger partial charge in [0.25, 0.3) is 0 Å². The van der Waals surface area contributed by atoms with E-state index in [-0.39, 0.29) is 6.04 Å². The Morgan fingerprint density at radius 3 is 2.14 bits per heavy atom. The highest BCUT2D eigenvalue weighted by atomic mass is 14.6.